The number of nitrogens with two attached hydrogens (primary N) is 6. The number of para-hydroxylation sites is 1. The van der Waals surface area contributed by atoms with Gasteiger partial charge >= 0.3 is 29.6 Å². The summed E-state index contributed by atoms with van der Waals surface area (Å²) in [7, 11) is 0. The molecule has 0 spiro atoms. The number of hydrogen-bond acceptors (Lipinski definition) is 18. The number of anilines is 1. The number of carbonyl (C=O) groups excluding carboxylic acids is 2. The predicted molar refractivity (Wildman–Crippen MR) is 186 cm³/mol. The molecule has 17 N–H and O–H groups in total. The summed E-state index contributed by atoms with van der Waals surface area (Å²) in [6.07, 6.45) is -11.1. The van der Waals surface area contributed by atoms with Crippen LogP contribution in [0.15, 0.2) is 46.9 Å². The number of aliphatic hydroxyl groups is 5. The van der Waals surface area contributed by atoms with Crippen LogP contribution in [0.2, 0.25) is 0 Å². The Morgan fingerprint density at radius 1 is 0.830 bits per heavy atom. The number of nitrogen functional groups attached to an aromatic ring is 1. The second kappa shape index (κ2) is 20.5. The number of aliphatic carboxylic acids is 1. The first-order valence-electron chi connectivity index (χ1n) is 16.6. The van der Waals surface area contributed by atoms with E-state index in [0.717, 1.165) is 4.47 Å². The summed E-state index contributed by atoms with van der Waals surface area (Å²) in [5, 5.41) is 61.4. The molecule has 20 heteroatoms. The summed E-state index contributed by atoms with van der Waals surface area (Å²) in [5.41, 5.74) is 37.0. The number of rotatable bonds is 10. The number of benzene rings is 2. The van der Waals surface area contributed by atoms with E-state index in [4.69, 9.17) is 53.3 Å². The van der Waals surface area contributed by atoms with Crippen molar-refractivity contribution in [2.45, 2.75) is 105 Å². The van der Waals surface area contributed by atoms with Gasteiger partial charge in [-0.05, 0) is 48.7 Å². The van der Waals surface area contributed by atoms with E-state index in [1.807, 2.05) is 0 Å². The van der Waals surface area contributed by atoms with Gasteiger partial charge in [0.05, 0.1) is 30.9 Å². The number of ether oxygens (including phenoxy) is 4. The van der Waals surface area contributed by atoms with Crippen LogP contribution >= 0.6 is 15.9 Å². The topological polar surface area (TPSA) is 351 Å². The van der Waals surface area contributed by atoms with Crippen molar-refractivity contribution < 1.29 is 88.7 Å². The third-order valence-electron chi connectivity index (χ3n) is 9.30. The van der Waals surface area contributed by atoms with Crippen LogP contribution in [-0.4, -0.2) is 136 Å². The average Bonchev–Trinajstić information content (AvgIpc) is 3.10. The van der Waals surface area contributed by atoms with Crippen molar-refractivity contribution in [1.29, 1.82) is 0 Å². The molecular weight excluding hydrogens is 775 g/mol. The number of carbonyl (C=O) groups is 2. The maximum Gasteiger partial charge on any atom is 1.00 e. The Bertz CT molecular complexity index is 1500. The molecular formula is C33H48BrN6NaO12. The van der Waals surface area contributed by atoms with Crippen LogP contribution in [0.1, 0.15) is 34.3 Å². The fourth-order valence-corrected chi connectivity index (χ4v) is 6.57. The molecule has 2 heterocycles. The van der Waals surface area contributed by atoms with Crippen LogP contribution in [0.5, 0.6) is 0 Å². The van der Waals surface area contributed by atoms with Gasteiger partial charge in [-0.3, -0.25) is 4.79 Å². The predicted octanol–water partition coefficient (Wildman–Crippen LogP) is -7.74. The zero-order chi connectivity index (χ0) is 38.4. The number of aliphatic hydroxyl groups excluding tert-OH is 5. The van der Waals surface area contributed by atoms with Gasteiger partial charge in [-0.15, -0.1) is 0 Å². The maximum atomic E-state index is 12.4. The molecule has 0 unspecified atom stereocenters. The van der Waals surface area contributed by atoms with E-state index < -0.39 is 98.2 Å². The standard InChI is InChI=1S/C18H37N5O9.C15H12BrNO3.Na/c19-3-9-8(25)2-7(22)17(29-9)31-15-5(20)1-6(21)16(14(15)28)32-18-13(27)11(23)12(26)10(4-24)30-18;16-11-6-4-9(5-7-11)15(20)12-3-1-2-10(14(12)17)8-13(18)19;/h5-18,24-28H,1-4,19-23H2;1-7H,8,17H2,(H,18,19);/q;;+1/p-1/t5-,6+,7+,8-,9+,10+,11-,12+,13+,14-,15+,16-,17+,18+;;/m0../s1. The number of hydrogen-bond donors (Lipinski definition) is 11. The summed E-state index contributed by atoms with van der Waals surface area (Å²) < 4.78 is 23.6. The first kappa shape index (κ1) is 45.7. The maximum absolute atomic E-state index is 12.4. The smallest absolute Gasteiger partial charge is 0.550 e. The first-order valence-corrected chi connectivity index (χ1v) is 17.4. The van der Waals surface area contributed by atoms with E-state index >= 15 is 0 Å². The summed E-state index contributed by atoms with van der Waals surface area (Å²) in [6, 6.07) is 8.37. The van der Waals surface area contributed by atoms with Gasteiger partial charge in [-0.25, -0.2) is 0 Å². The molecule has 290 valence electrons. The zero-order valence-electron chi connectivity index (χ0n) is 29.1. The molecule has 53 heavy (non-hydrogen) atoms. The van der Waals surface area contributed by atoms with Crippen LogP contribution in [0.3, 0.4) is 0 Å². The minimum Gasteiger partial charge on any atom is -0.550 e. The van der Waals surface area contributed by atoms with Gasteiger partial charge in [0.15, 0.2) is 18.4 Å². The average molecular weight is 824 g/mol. The van der Waals surface area contributed by atoms with E-state index in [1.165, 1.54) is 0 Å². The van der Waals surface area contributed by atoms with Gasteiger partial charge in [0, 0.05) is 52.3 Å². The van der Waals surface area contributed by atoms with Crippen LogP contribution in [-0.2, 0) is 30.2 Å². The Morgan fingerprint density at radius 2 is 1.42 bits per heavy atom. The quantitative estimate of drug-likeness (QED) is 0.0602. The fourth-order valence-electron chi connectivity index (χ4n) is 6.31. The molecule has 18 nitrogen and oxygen atoms in total. The number of halogens is 1. The molecule has 0 aromatic heterocycles. The number of ketones is 1. The number of carboxylic acids is 1. The van der Waals surface area contributed by atoms with Gasteiger partial charge < -0.3 is 88.8 Å². The molecule has 1 saturated carbocycles. The second-order valence-electron chi connectivity index (χ2n) is 13.0. The third kappa shape index (κ3) is 11.2. The summed E-state index contributed by atoms with van der Waals surface area (Å²) in [6.45, 7) is -0.499. The molecule has 1 aliphatic carbocycles. The van der Waals surface area contributed by atoms with Crippen molar-refractivity contribution in [3.63, 3.8) is 0 Å². The van der Waals surface area contributed by atoms with E-state index in [9.17, 15) is 40.2 Å². The monoisotopic (exact) mass is 822 g/mol. The fraction of sp³-hybridized carbons (Fsp3) is 0.576. The van der Waals surface area contributed by atoms with Crippen molar-refractivity contribution in [1.82, 2.24) is 0 Å². The Kier molecular flexibility index (Phi) is 17.6. The molecule has 14 atom stereocenters. The van der Waals surface area contributed by atoms with Gasteiger partial charge in [-0.2, -0.15) is 0 Å². The third-order valence-corrected chi connectivity index (χ3v) is 9.83. The van der Waals surface area contributed by atoms with Crippen molar-refractivity contribution in [3.8, 4) is 0 Å². The Hall–Kier alpha value is -1.70. The van der Waals surface area contributed by atoms with E-state index in [0.29, 0.717) is 16.7 Å². The molecule has 3 aliphatic rings. The van der Waals surface area contributed by atoms with E-state index in [-0.39, 0.29) is 66.8 Å². The van der Waals surface area contributed by atoms with Crippen molar-refractivity contribution in [2.75, 3.05) is 18.9 Å². The SMILES string of the molecule is NC[C@H]1O[C@H](O[C@H]2[C@H](O)[C@@H](O[C@H]3O[C@H](CO)[C@@H](O)[C@H](N)[C@H]3O)[C@H](N)C[C@@H]2N)[C@H](N)C[C@@H]1O.Nc1c(CC(=O)[O-])cccc1C(=O)c1ccc(Br)cc1.[Na+]. The molecule has 0 amide bonds. The molecule has 3 fully saturated rings. The number of carboxylic acid groups (broad SMARTS) is 1. The largest absolute Gasteiger partial charge is 1.00 e. The van der Waals surface area contributed by atoms with Crippen molar-refractivity contribution in [2.24, 2.45) is 28.7 Å². The van der Waals surface area contributed by atoms with Crippen LogP contribution in [0, 0.1) is 0 Å². The second-order valence-corrected chi connectivity index (χ2v) is 14.0. The van der Waals surface area contributed by atoms with Crippen LogP contribution < -0.4 is 69.1 Å². The van der Waals surface area contributed by atoms with Gasteiger partial charge in [-0.1, -0.05) is 28.1 Å². The van der Waals surface area contributed by atoms with Gasteiger partial charge in [0.1, 0.15) is 36.6 Å². The molecule has 0 radical (unpaired) electrons. The summed E-state index contributed by atoms with van der Waals surface area (Å²) in [5.74, 6) is -1.47. The molecule has 2 aliphatic heterocycles. The molecule has 2 aromatic carbocycles. The minimum absolute atomic E-state index is 0. The van der Waals surface area contributed by atoms with Crippen LogP contribution in [0.4, 0.5) is 5.69 Å². The Labute approximate surface area is 336 Å². The van der Waals surface area contributed by atoms with E-state index in [2.05, 4.69) is 15.9 Å². The van der Waals surface area contributed by atoms with E-state index in [1.54, 1.807) is 42.5 Å². The Morgan fingerprint density at radius 3 is 1.98 bits per heavy atom. The van der Waals surface area contributed by atoms with Gasteiger partial charge in [0.25, 0.3) is 0 Å². The van der Waals surface area contributed by atoms with Gasteiger partial charge in [0.2, 0.25) is 0 Å². The first-order chi connectivity index (χ1) is 24.6. The van der Waals surface area contributed by atoms with Crippen molar-refractivity contribution in [3.05, 3.63) is 63.6 Å². The zero-order valence-corrected chi connectivity index (χ0v) is 32.7. The summed E-state index contributed by atoms with van der Waals surface area (Å²) >= 11 is 3.30. The van der Waals surface area contributed by atoms with Crippen molar-refractivity contribution >= 4 is 33.4 Å². The molecule has 0 bridgehead atoms. The minimum atomic E-state index is -1.44. The summed E-state index contributed by atoms with van der Waals surface area (Å²) in [4.78, 5) is 23.0. The Balaban J connectivity index is 0.000000310. The normalized spacial score (nSPS) is 35.7. The molecule has 2 aromatic rings. The molecule has 2 saturated heterocycles. The molecule has 5 rings (SSSR count). The van der Waals surface area contributed by atoms with Crippen LogP contribution in [0.25, 0.3) is 0 Å².